The molecule has 0 unspecified atom stereocenters. The molecule has 0 spiro atoms. The number of benzene rings is 1. The first kappa shape index (κ1) is 14.6. The zero-order chi connectivity index (χ0) is 14.4. The average molecular weight is 273 g/mol. The molecule has 0 bridgehead atoms. The van der Waals surface area contributed by atoms with E-state index in [1.165, 1.54) is 0 Å². The van der Waals surface area contributed by atoms with Crippen molar-refractivity contribution in [3.63, 3.8) is 0 Å². The summed E-state index contributed by atoms with van der Waals surface area (Å²) in [6, 6.07) is 7.89. The average Bonchev–Trinajstić information content (AvgIpc) is 2.65. The highest BCUT2D eigenvalue weighted by Gasteiger charge is 2.18. The van der Waals surface area contributed by atoms with Gasteiger partial charge >= 0.3 is 6.03 Å². The van der Waals surface area contributed by atoms with Crippen LogP contribution < -0.4 is 5.32 Å². The first-order valence-corrected chi connectivity index (χ1v) is 7.15. The normalized spacial score (nSPS) is 16.6. The number of hydrogen-bond donors (Lipinski definition) is 1. The Balaban J connectivity index is 1.90. The lowest BCUT2D eigenvalue weighted by Crippen LogP contribution is -2.38. The van der Waals surface area contributed by atoms with Crippen LogP contribution in [0.15, 0.2) is 36.9 Å². The van der Waals surface area contributed by atoms with Gasteiger partial charge in [-0.3, -0.25) is 4.90 Å². The Bertz CT molecular complexity index is 473. The van der Waals surface area contributed by atoms with Crippen molar-refractivity contribution in [2.45, 2.75) is 13.3 Å². The van der Waals surface area contributed by atoms with Gasteiger partial charge in [0.15, 0.2) is 0 Å². The monoisotopic (exact) mass is 273 g/mol. The zero-order valence-corrected chi connectivity index (χ0v) is 12.1. The predicted molar refractivity (Wildman–Crippen MR) is 83.0 cm³/mol. The summed E-state index contributed by atoms with van der Waals surface area (Å²) in [6.07, 6.45) is 2.93. The molecule has 2 amide bonds. The highest BCUT2D eigenvalue weighted by molar-refractivity contribution is 5.89. The van der Waals surface area contributed by atoms with E-state index in [1.807, 2.05) is 42.2 Å². The van der Waals surface area contributed by atoms with Crippen LogP contribution in [-0.4, -0.2) is 48.6 Å². The van der Waals surface area contributed by atoms with E-state index in [1.54, 1.807) is 0 Å². The molecule has 1 aliphatic rings. The second kappa shape index (κ2) is 7.10. The maximum Gasteiger partial charge on any atom is 0.321 e. The highest BCUT2D eigenvalue weighted by Crippen LogP contribution is 2.11. The van der Waals surface area contributed by atoms with Gasteiger partial charge in [0, 0.05) is 38.4 Å². The highest BCUT2D eigenvalue weighted by atomic mass is 16.2. The van der Waals surface area contributed by atoms with Crippen molar-refractivity contribution in [1.29, 1.82) is 0 Å². The number of nitrogens with zero attached hydrogens (tertiary/aromatic N) is 2. The van der Waals surface area contributed by atoms with E-state index in [0.29, 0.717) is 0 Å². The van der Waals surface area contributed by atoms with E-state index in [2.05, 4.69) is 16.8 Å². The number of carbonyl (C=O) groups is 1. The second-order valence-corrected chi connectivity index (χ2v) is 5.23. The molecule has 1 heterocycles. The van der Waals surface area contributed by atoms with E-state index in [-0.39, 0.29) is 6.03 Å². The third-order valence-electron chi connectivity index (χ3n) is 3.53. The fourth-order valence-electron chi connectivity index (χ4n) is 2.46. The van der Waals surface area contributed by atoms with Gasteiger partial charge in [0.1, 0.15) is 0 Å². The molecule has 4 nitrogen and oxygen atoms in total. The summed E-state index contributed by atoms with van der Waals surface area (Å²) >= 11 is 0. The van der Waals surface area contributed by atoms with Gasteiger partial charge in [0.2, 0.25) is 0 Å². The molecule has 0 saturated carbocycles. The van der Waals surface area contributed by atoms with Crippen LogP contribution in [0.4, 0.5) is 10.5 Å². The van der Waals surface area contributed by atoms with Gasteiger partial charge in [-0.2, -0.15) is 0 Å². The predicted octanol–water partition coefficient (Wildman–Crippen LogP) is 2.72. The maximum atomic E-state index is 12.3. The van der Waals surface area contributed by atoms with Crippen molar-refractivity contribution in [2.75, 3.05) is 38.0 Å². The molecule has 1 aromatic carbocycles. The molecule has 1 fully saturated rings. The van der Waals surface area contributed by atoms with Gasteiger partial charge in [-0.05, 0) is 31.0 Å². The van der Waals surface area contributed by atoms with Crippen molar-refractivity contribution in [1.82, 2.24) is 9.80 Å². The lowest BCUT2D eigenvalue weighted by Gasteiger charge is -2.21. The standard InChI is InChI=1S/C16H23N3O/c1-3-8-18-9-5-10-19(12-11-18)16(20)17-15-7-4-6-14(2)13-15/h3-4,6-7,13H,1,5,8-12H2,2H3,(H,17,20). The topological polar surface area (TPSA) is 35.6 Å². The van der Waals surface area contributed by atoms with Gasteiger partial charge in [0.25, 0.3) is 0 Å². The van der Waals surface area contributed by atoms with Crippen LogP contribution in [0.1, 0.15) is 12.0 Å². The summed E-state index contributed by atoms with van der Waals surface area (Å²) in [5, 5.41) is 2.98. The quantitative estimate of drug-likeness (QED) is 0.860. The number of hydrogen-bond acceptors (Lipinski definition) is 2. The molecule has 4 heteroatoms. The molecule has 1 aromatic rings. The molecule has 108 valence electrons. The molecular formula is C16H23N3O. The maximum absolute atomic E-state index is 12.3. The van der Waals surface area contributed by atoms with Crippen molar-refractivity contribution < 1.29 is 4.79 Å². The van der Waals surface area contributed by atoms with E-state index in [4.69, 9.17) is 0 Å². The molecular weight excluding hydrogens is 250 g/mol. The first-order valence-electron chi connectivity index (χ1n) is 7.15. The van der Waals surface area contributed by atoms with E-state index in [0.717, 1.165) is 50.4 Å². The van der Waals surface area contributed by atoms with Crippen molar-refractivity contribution in [3.8, 4) is 0 Å². The van der Waals surface area contributed by atoms with Gasteiger partial charge in [-0.1, -0.05) is 18.2 Å². The lowest BCUT2D eigenvalue weighted by atomic mass is 10.2. The lowest BCUT2D eigenvalue weighted by molar-refractivity contribution is 0.212. The molecule has 0 radical (unpaired) electrons. The summed E-state index contributed by atoms with van der Waals surface area (Å²) in [4.78, 5) is 16.5. The number of nitrogens with one attached hydrogen (secondary N) is 1. The van der Waals surface area contributed by atoms with Crippen LogP contribution in [0.25, 0.3) is 0 Å². The number of amides is 2. The molecule has 1 N–H and O–H groups in total. The number of urea groups is 1. The van der Waals surface area contributed by atoms with Gasteiger partial charge in [-0.15, -0.1) is 6.58 Å². The summed E-state index contributed by atoms with van der Waals surface area (Å²) in [6.45, 7) is 10.2. The smallest absolute Gasteiger partial charge is 0.321 e. The van der Waals surface area contributed by atoms with E-state index < -0.39 is 0 Å². The summed E-state index contributed by atoms with van der Waals surface area (Å²) in [7, 11) is 0. The Morgan fingerprint density at radius 2 is 2.20 bits per heavy atom. The van der Waals surface area contributed by atoms with Crippen LogP contribution >= 0.6 is 0 Å². The van der Waals surface area contributed by atoms with E-state index in [9.17, 15) is 4.79 Å². The van der Waals surface area contributed by atoms with Gasteiger partial charge in [0.05, 0.1) is 0 Å². The minimum absolute atomic E-state index is 0.00365. The van der Waals surface area contributed by atoms with Gasteiger partial charge < -0.3 is 10.2 Å². The summed E-state index contributed by atoms with van der Waals surface area (Å²) in [5.74, 6) is 0. The van der Waals surface area contributed by atoms with Gasteiger partial charge in [-0.25, -0.2) is 4.79 Å². The van der Waals surface area contributed by atoms with Crippen molar-refractivity contribution in [3.05, 3.63) is 42.5 Å². The largest absolute Gasteiger partial charge is 0.323 e. The molecule has 1 aliphatic heterocycles. The Morgan fingerprint density at radius 3 is 2.95 bits per heavy atom. The fraction of sp³-hybridized carbons (Fsp3) is 0.438. The van der Waals surface area contributed by atoms with Crippen molar-refractivity contribution in [2.24, 2.45) is 0 Å². The second-order valence-electron chi connectivity index (χ2n) is 5.23. The Kier molecular flexibility index (Phi) is 5.18. The number of carbonyl (C=O) groups excluding carboxylic acids is 1. The number of aryl methyl sites for hydroxylation is 1. The summed E-state index contributed by atoms with van der Waals surface area (Å²) in [5.41, 5.74) is 2.01. The van der Waals surface area contributed by atoms with Crippen LogP contribution in [-0.2, 0) is 0 Å². The van der Waals surface area contributed by atoms with Crippen LogP contribution in [0, 0.1) is 6.92 Å². The van der Waals surface area contributed by atoms with Crippen molar-refractivity contribution >= 4 is 11.7 Å². The molecule has 0 aromatic heterocycles. The first-order chi connectivity index (χ1) is 9.69. The molecule has 1 saturated heterocycles. The third kappa shape index (κ3) is 4.10. The molecule has 20 heavy (non-hydrogen) atoms. The van der Waals surface area contributed by atoms with Crippen LogP contribution in [0.5, 0.6) is 0 Å². The Hall–Kier alpha value is -1.81. The third-order valence-corrected chi connectivity index (χ3v) is 3.53. The zero-order valence-electron chi connectivity index (χ0n) is 12.1. The van der Waals surface area contributed by atoms with Crippen LogP contribution in [0.2, 0.25) is 0 Å². The number of rotatable bonds is 3. The minimum atomic E-state index is -0.00365. The molecule has 2 rings (SSSR count). The SMILES string of the molecule is C=CCN1CCCN(C(=O)Nc2cccc(C)c2)CC1. The van der Waals surface area contributed by atoms with E-state index >= 15 is 0 Å². The Labute approximate surface area is 121 Å². The fourth-order valence-corrected chi connectivity index (χ4v) is 2.46. The molecule has 0 atom stereocenters. The van der Waals surface area contributed by atoms with Crippen LogP contribution in [0.3, 0.4) is 0 Å². The minimum Gasteiger partial charge on any atom is -0.323 e. The molecule has 0 aliphatic carbocycles. The Morgan fingerprint density at radius 1 is 1.35 bits per heavy atom. The summed E-state index contributed by atoms with van der Waals surface area (Å²) < 4.78 is 0. The number of anilines is 1.